The maximum atomic E-state index is 11.6. The molecule has 1 heterocycles. The van der Waals surface area contributed by atoms with E-state index in [-0.39, 0.29) is 5.91 Å². The fraction of sp³-hybridized carbons (Fsp3) is 0.455. The molecular formula is C22H30N4O2. The molecule has 1 aliphatic rings. The summed E-state index contributed by atoms with van der Waals surface area (Å²) in [4.78, 5) is 18.2. The van der Waals surface area contributed by atoms with Gasteiger partial charge in [-0.2, -0.15) is 0 Å². The molecule has 6 nitrogen and oxygen atoms in total. The van der Waals surface area contributed by atoms with Gasteiger partial charge in [-0.15, -0.1) is 0 Å². The standard InChI is InChI=1S/C22H30N4O2/c1-23-21(27)16-17-10-13-26(14-11-17)22(24-2)25-12-15-28-20-9-5-7-18-6-3-4-8-19(18)20/h3-9,17H,10-16H2,1-2H3,(H,23,27)(H,24,25). The Bertz CT molecular complexity index is 808. The van der Waals surface area contributed by atoms with Gasteiger partial charge in [0.15, 0.2) is 5.96 Å². The Morgan fingerprint density at radius 3 is 2.68 bits per heavy atom. The Labute approximate surface area is 167 Å². The molecule has 1 amide bonds. The summed E-state index contributed by atoms with van der Waals surface area (Å²) in [7, 11) is 3.51. The molecule has 0 aromatic heterocycles. The molecule has 0 radical (unpaired) electrons. The lowest BCUT2D eigenvalue weighted by Crippen LogP contribution is -2.46. The van der Waals surface area contributed by atoms with Crippen LogP contribution in [0.3, 0.4) is 0 Å². The smallest absolute Gasteiger partial charge is 0.220 e. The normalized spacial score (nSPS) is 15.5. The van der Waals surface area contributed by atoms with E-state index in [1.807, 2.05) is 31.3 Å². The van der Waals surface area contributed by atoms with Gasteiger partial charge in [0.25, 0.3) is 0 Å². The first-order chi connectivity index (χ1) is 13.7. The van der Waals surface area contributed by atoms with Gasteiger partial charge in [-0.05, 0) is 30.2 Å². The van der Waals surface area contributed by atoms with Gasteiger partial charge in [0, 0.05) is 39.0 Å². The first-order valence-corrected chi connectivity index (χ1v) is 9.98. The highest BCUT2D eigenvalue weighted by atomic mass is 16.5. The number of guanidine groups is 1. The number of amides is 1. The Hall–Kier alpha value is -2.76. The lowest BCUT2D eigenvalue weighted by molar-refractivity contribution is -0.121. The topological polar surface area (TPSA) is 66.0 Å². The summed E-state index contributed by atoms with van der Waals surface area (Å²) in [5.74, 6) is 2.40. The first-order valence-electron chi connectivity index (χ1n) is 9.98. The molecule has 3 rings (SSSR count). The van der Waals surface area contributed by atoms with Crippen LogP contribution in [0.2, 0.25) is 0 Å². The van der Waals surface area contributed by atoms with Crippen LogP contribution in [0.5, 0.6) is 5.75 Å². The molecule has 0 aliphatic carbocycles. The molecule has 0 saturated carbocycles. The molecule has 0 bridgehead atoms. The van der Waals surface area contributed by atoms with Crippen molar-refractivity contribution in [3.8, 4) is 5.75 Å². The van der Waals surface area contributed by atoms with E-state index in [0.717, 1.165) is 43.0 Å². The first kappa shape index (κ1) is 20.0. The Morgan fingerprint density at radius 2 is 1.93 bits per heavy atom. The van der Waals surface area contributed by atoms with Crippen LogP contribution in [-0.4, -0.2) is 57.1 Å². The van der Waals surface area contributed by atoms with Crippen molar-refractivity contribution in [1.82, 2.24) is 15.5 Å². The number of nitrogens with one attached hydrogen (secondary N) is 2. The highest BCUT2D eigenvalue weighted by molar-refractivity contribution is 5.88. The number of likely N-dealkylation sites (tertiary alicyclic amines) is 1. The van der Waals surface area contributed by atoms with E-state index >= 15 is 0 Å². The number of hydrogen-bond donors (Lipinski definition) is 2. The van der Waals surface area contributed by atoms with Crippen molar-refractivity contribution in [3.63, 3.8) is 0 Å². The number of benzene rings is 2. The molecule has 0 unspecified atom stereocenters. The molecule has 2 aromatic rings. The summed E-state index contributed by atoms with van der Waals surface area (Å²) < 4.78 is 5.99. The maximum Gasteiger partial charge on any atom is 0.220 e. The van der Waals surface area contributed by atoms with Crippen LogP contribution in [0.4, 0.5) is 0 Å². The maximum absolute atomic E-state index is 11.6. The average molecular weight is 383 g/mol. The Kier molecular flexibility index (Phi) is 7.12. The zero-order chi connectivity index (χ0) is 19.8. The van der Waals surface area contributed by atoms with Crippen LogP contribution in [0.25, 0.3) is 10.8 Å². The van der Waals surface area contributed by atoms with Crippen molar-refractivity contribution in [2.45, 2.75) is 19.3 Å². The second-order valence-corrected chi connectivity index (χ2v) is 7.11. The number of carbonyl (C=O) groups is 1. The summed E-state index contributed by atoms with van der Waals surface area (Å²) in [6, 6.07) is 14.4. The SMILES string of the molecule is CN=C(NCCOc1cccc2ccccc12)N1CCC(CC(=O)NC)CC1. The molecule has 28 heavy (non-hydrogen) atoms. The summed E-state index contributed by atoms with van der Waals surface area (Å²) in [5, 5.41) is 8.43. The summed E-state index contributed by atoms with van der Waals surface area (Å²) in [6.07, 6.45) is 2.65. The molecule has 150 valence electrons. The summed E-state index contributed by atoms with van der Waals surface area (Å²) >= 11 is 0. The van der Waals surface area contributed by atoms with E-state index < -0.39 is 0 Å². The van der Waals surface area contributed by atoms with Crippen molar-refractivity contribution < 1.29 is 9.53 Å². The number of carbonyl (C=O) groups excluding carboxylic acids is 1. The van der Waals surface area contributed by atoms with Crippen LogP contribution < -0.4 is 15.4 Å². The molecule has 0 spiro atoms. The second-order valence-electron chi connectivity index (χ2n) is 7.11. The fourth-order valence-corrected chi connectivity index (χ4v) is 3.69. The van der Waals surface area contributed by atoms with Crippen molar-refractivity contribution in [2.75, 3.05) is 40.3 Å². The van der Waals surface area contributed by atoms with Gasteiger partial charge in [0.1, 0.15) is 12.4 Å². The molecule has 0 atom stereocenters. The van der Waals surface area contributed by atoms with Gasteiger partial charge in [-0.3, -0.25) is 9.79 Å². The van der Waals surface area contributed by atoms with E-state index in [1.54, 1.807) is 7.05 Å². The number of rotatable bonds is 6. The lowest BCUT2D eigenvalue weighted by Gasteiger charge is -2.34. The number of ether oxygens (including phenoxy) is 1. The van der Waals surface area contributed by atoms with Crippen LogP contribution in [0.1, 0.15) is 19.3 Å². The Morgan fingerprint density at radius 1 is 1.18 bits per heavy atom. The van der Waals surface area contributed by atoms with Gasteiger partial charge >= 0.3 is 0 Å². The third-order valence-corrected chi connectivity index (χ3v) is 5.27. The van der Waals surface area contributed by atoms with Crippen LogP contribution >= 0.6 is 0 Å². The second kappa shape index (κ2) is 9.97. The minimum absolute atomic E-state index is 0.131. The van der Waals surface area contributed by atoms with Crippen molar-refractivity contribution in [2.24, 2.45) is 10.9 Å². The predicted molar refractivity (Wildman–Crippen MR) is 114 cm³/mol. The molecule has 2 N–H and O–H groups in total. The van der Waals surface area contributed by atoms with Crippen LogP contribution in [0, 0.1) is 5.92 Å². The highest BCUT2D eigenvalue weighted by Crippen LogP contribution is 2.25. The Balaban J connectivity index is 1.44. The molecule has 6 heteroatoms. The van der Waals surface area contributed by atoms with Gasteiger partial charge in [-0.25, -0.2) is 0 Å². The van der Waals surface area contributed by atoms with Crippen molar-refractivity contribution in [3.05, 3.63) is 42.5 Å². The highest BCUT2D eigenvalue weighted by Gasteiger charge is 2.22. The van der Waals surface area contributed by atoms with Crippen molar-refractivity contribution in [1.29, 1.82) is 0 Å². The van der Waals surface area contributed by atoms with Gasteiger partial charge in [0.2, 0.25) is 5.91 Å². The minimum atomic E-state index is 0.131. The number of fused-ring (bicyclic) bond motifs is 1. The molecular weight excluding hydrogens is 352 g/mol. The summed E-state index contributed by atoms with van der Waals surface area (Å²) in [6.45, 7) is 3.10. The molecule has 2 aromatic carbocycles. The summed E-state index contributed by atoms with van der Waals surface area (Å²) in [5.41, 5.74) is 0. The van der Waals surface area contributed by atoms with E-state index in [2.05, 4.69) is 38.7 Å². The number of hydrogen-bond acceptors (Lipinski definition) is 3. The monoisotopic (exact) mass is 382 g/mol. The third kappa shape index (κ3) is 5.15. The largest absolute Gasteiger partial charge is 0.491 e. The fourth-order valence-electron chi connectivity index (χ4n) is 3.69. The number of piperidine rings is 1. The average Bonchev–Trinajstić information content (AvgIpc) is 2.74. The molecule has 1 saturated heterocycles. The van der Waals surface area contributed by atoms with Crippen molar-refractivity contribution >= 4 is 22.6 Å². The zero-order valence-corrected chi connectivity index (χ0v) is 16.8. The number of aliphatic imine (C=N–C) groups is 1. The lowest BCUT2D eigenvalue weighted by atomic mass is 9.93. The molecule has 1 aliphatic heterocycles. The van der Waals surface area contributed by atoms with Gasteiger partial charge in [0.05, 0.1) is 6.54 Å². The van der Waals surface area contributed by atoms with Gasteiger partial charge in [-0.1, -0.05) is 36.4 Å². The van der Waals surface area contributed by atoms with E-state index in [9.17, 15) is 4.79 Å². The van der Waals surface area contributed by atoms with Gasteiger partial charge < -0.3 is 20.3 Å². The van der Waals surface area contributed by atoms with Crippen LogP contribution in [0.15, 0.2) is 47.5 Å². The quantitative estimate of drug-likeness (QED) is 0.458. The third-order valence-electron chi connectivity index (χ3n) is 5.27. The van der Waals surface area contributed by atoms with E-state index in [0.29, 0.717) is 25.5 Å². The van der Waals surface area contributed by atoms with E-state index in [1.165, 1.54) is 5.39 Å². The number of nitrogens with zero attached hydrogens (tertiary/aromatic N) is 2. The zero-order valence-electron chi connectivity index (χ0n) is 16.8. The molecule has 1 fully saturated rings. The van der Waals surface area contributed by atoms with E-state index in [4.69, 9.17) is 4.74 Å². The minimum Gasteiger partial charge on any atom is -0.491 e. The van der Waals surface area contributed by atoms with Crippen LogP contribution in [-0.2, 0) is 4.79 Å². The predicted octanol–water partition coefficient (Wildman–Crippen LogP) is 2.64.